The van der Waals surface area contributed by atoms with Gasteiger partial charge in [0.2, 0.25) is 0 Å². The molecule has 3 aromatic rings. The van der Waals surface area contributed by atoms with Gasteiger partial charge in [-0.15, -0.1) is 0 Å². The summed E-state index contributed by atoms with van der Waals surface area (Å²) in [6.45, 7) is 2.94. The van der Waals surface area contributed by atoms with Crippen LogP contribution >= 0.6 is 11.6 Å². The number of pyridine rings is 1. The van der Waals surface area contributed by atoms with E-state index in [0.29, 0.717) is 11.2 Å². The van der Waals surface area contributed by atoms with Gasteiger partial charge in [0.15, 0.2) is 0 Å². The highest BCUT2D eigenvalue weighted by molar-refractivity contribution is 6.29. The van der Waals surface area contributed by atoms with Crippen LogP contribution in [0.1, 0.15) is 24.1 Å². The van der Waals surface area contributed by atoms with Gasteiger partial charge in [0, 0.05) is 12.6 Å². The van der Waals surface area contributed by atoms with Crippen molar-refractivity contribution >= 4 is 17.1 Å². The fourth-order valence-electron chi connectivity index (χ4n) is 2.28. The van der Waals surface area contributed by atoms with Crippen molar-refractivity contribution in [3.8, 4) is 0 Å². The molecular formula is C16H16ClN3. The number of imidazole rings is 1. The quantitative estimate of drug-likeness (QED) is 0.738. The maximum absolute atomic E-state index is 6.23. The van der Waals surface area contributed by atoms with E-state index in [1.807, 2.05) is 22.7 Å². The molecule has 1 N–H and O–H groups in total. The van der Waals surface area contributed by atoms with Crippen molar-refractivity contribution in [2.24, 2.45) is 0 Å². The summed E-state index contributed by atoms with van der Waals surface area (Å²) in [4.78, 5) is 4.10. The van der Waals surface area contributed by atoms with Gasteiger partial charge in [-0.1, -0.05) is 41.9 Å². The molecule has 2 aromatic heterocycles. The van der Waals surface area contributed by atoms with E-state index in [2.05, 4.69) is 47.6 Å². The Morgan fingerprint density at radius 3 is 2.85 bits per heavy atom. The first-order chi connectivity index (χ1) is 9.74. The predicted molar refractivity (Wildman–Crippen MR) is 81.9 cm³/mol. The zero-order chi connectivity index (χ0) is 13.9. The van der Waals surface area contributed by atoms with Crippen LogP contribution in [0, 0.1) is 0 Å². The molecule has 4 heteroatoms. The molecule has 1 atom stereocenters. The smallest absolute Gasteiger partial charge is 0.114 e. The second-order valence-corrected chi connectivity index (χ2v) is 5.28. The molecule has 0 radical (unpaired) electrons. The number of nitrogens with zero attached hydrogens (tertiary/aromatic N) is 2. The first-order valence-corrected chi connectivity index (χ1v) is 7.00. The van der Waals surface area contributed by atoms with E-state index in [4.69, 9.17) is 11.6 Å². The average molecular weight is 286 g/mol. The summed E-state index contributed by atoms with van der Waals surface area (Å²) in [6.07, 6.45) is 3.54. The highest BCUT2D eigenvalue weighted by Gasteiger charge is 2.06. The first-order valence-electron chi connectivity index (χ1n) is 6.63. The minimum atomic E-state index is 0.302. The van der Waals surface area contributed by atoms with Gasteiger partial charge in [0.25, 0.3) is 0 Å². The summed E-state index contributed by atoms with van der Waals surface area (Å²) in [6, 6.07) is 14.8. The number of aromatic nitrogens is 2. The van der Waals surface area contributed by atoms with Crippen molar-refractivity contribution in [2.45, 2.75) is 19.5 Å². The molecule has 2 heterocycles. The Balaban J connectivity index is 1.73. The lowest BCUT2D eigenvalue weighted by Crippen LogP contribution is -2.18. The van der Waals surface area contributed by atoms with Crippen molar-refractivity contribution < 1.29 is 0 Å². The molecule has 3 nitrogen and oxygen atoms in total. The Morgan fingerprint density at radius 1 is 1.25 bits per heavy atom. The maximum atomic E-state index is 6.23. The van der Waals surface area contributed by atoms with Crippen LogP contribution in [0.3, 0.4) is 0 Å². The second-order valence-electron chi connectivity index (χ2n) is 4.89. The highest BCUT2D eigenvalue weighted by atomic mass is 35.5. The van der Waals surface area contributed by atoms with Gasteiger partial charge in [0.1, 0.15) is 11.5 Å². The number of rotatable bonds is 4. The monoisotopic (exact) mass is 285 g/mol. The standard InChI is InChI=1S/C16H16ClN3/c1-12(14-5-3-2-4-6-14)19-9-13-7-15-10-18-11-20(15)16(17)8-13/h2-8,10-12,19H,9H2,1H3/t12-/m1/s1. The van der Waals surface area contributed by atoms with Crippen LogP contribution in [0.25, 0.3) is 5.52 Å². The number of fused-ring (bicyclic) bond motifs is 1. The van der Waals surface area contributed by atoms with Gasteiger partial charge < -0.3 is 5.32 Å². The third-order valence-electron chi connectivity index (χ3n) is 3.45. The minimum absolute atomic E-state index is 0.302. The molecule has 0 spiro atoms. The van der Waals surface area contributed by atoms with Crippen LogP contribution in [0.5, 0.6) is 0 Å². The molecule has 0 bridgehead atoms. The van der Waals surface area contributed by atoms with Gasteiger partial charge in [-0.2, -0.15) is 0 Å². The largest absolute Gasteiger partial charge is 0.306 e. The normalized spacial score (nSPS) is 12.7. The Labute approximate surface area is 123 Å². The molecule has 3 rings (SSSR count). The molecule has 0 fully saturated rings. The molecule has 1 aromatic carbocycles. The fourth-order valence-corrected chi connectivity index (χ4v) is 2.56. The van der Waals surface area contributed by atoms with Gasteiger partial charge in [-0.3, -0.25) is 4.40 Å². The molecule has 0 aliphatic heterocycles. The van der Waals surface area contributed by atoms with E-state index in [9.17, 15) is 0 Å². The molecule has 0 saturated carbocycles. The van der Waals surface area contributed by atoms with E-state index in [1.54, 1.807) is 6.33 Å². The SMILES string of the molecule is C[C@@H](NCc1cc(Cl)n2cncc2c1)c1ccccc1. The molecule has 0 unspecified atom stereocenters. The number of hydrogen-bond donors (Lipinski definition) is 1. The zero-order valence-corrected chi connectivity index (χ0v) is 12.0. The zero-order valence-electron chi connectivity index (χ0n) is 11.3. The van der Waals surface area contributed by atoms with Crippen molar-refractivity contribution in [1.29, 1.82) is 0 Å². The average Bonchev–Trinajstić information content (AvgIpc) is 2.94. The van der Waals surface area contributed by atoms with Crippen molar-refractivity contribution in [3.05, 3.63) is 71.3 Å². The fraction of sp³-hybridized carbons (Fsp3) is 0.188. The number of benzene rings is 1. The lowest BCUT2D eigenvalue weighted by atomic mass is 10.1. The first kappa shape index (κ1) is 13.2. The molecule has 0 aliphatic carbocycles. The maximum Gasteiger partial charge on any atom is 0.114 e. The van der Waals surface area contributed by atoms with E-state index >= 15 is 0 Å². The molecular weight excluding hydrogens is 270 g/mol. The molecule has 0 amide bonds. The van der Waals surface area contributed by atoms with Gasteiger partial charge in [-0.05, 0) is 30.2 Å². The summed E-state index contributed by atoms with van der Waals surface area (Å²) in [5.74, 6) is 0. The Bertz CT molecular complexity index is 706. The molecule has 0 saturated heterocycles. The van der Waals surface area contributed by atoms with Gasteiger partial charge in [0.05, 0.1) is 11.7 Å². The van der Waals surface area contributed by atoms with Crippen LogP contribution < -0.4 is 5.32 Å². The summed E-state index contributed by atoms with van der Waals surface area (Å²) in [5.41, 5.74) is 3.46. The van der Waals surface area contributed by atoms with E-state index in [-0.39, 0.29) is 0 Å². The minimum Gasteiger partial charge on any atom is -0.306 e. The molecule has 102 valence electrons. The van der Waals surface area contributed by atoms with Crippen LogP contribution in [-0.2, 0) is 6.54 Å². The highest BCUT2D eigenvalue weighted by Crippen LogP contribution is 2.17. The third kappa shape index (κ3) is 2.69. The second kappa shape index (κ2) is 5.65. The lowest BCUT2D eigenvalue weighted by Gasteiger charge is -2.14. The summed E-state index contributed by atoms with van der Waals surface area (Å²) >= 11 is 6.23. The van der Waals surface area contributed by atoms with Crippen LogP contribution in [0.2, 0.25) is 5.15 Å². The predicted octanol–water partition coefficient (Wildman–Crippen LogP) is 3.84. The van der Waals surface area contributed by atoms with Crippen LogP contribution in [0.15, 0.2) is 55.0 Å². The van der Waals surface area contributed by atoms with E-state index < -0.39 is 0 Å². The summed E-state index contributed by atoms with van der Waals surface area (Å²) < 4.78 is 1.87. The van der Waals surface area contributed by atoms with Crippen molar-refractivity contribution in [2.75, 3.05) is 0 Å². The van der Waals surface area contributed by atoms with E-state index in [1.165, 1.54) is 5.56 Å². The topological polar surface area (TPSA) is 29.3 Å². The summed E-state index contributed by atoms with van der Waals surface area (Å²) in [5, 5.41) is 4.20. The Morgan fingerprint density at radius 2 is 2.05 bits per heavy atom. The lowest BCUT2D eigenvalue weighted by molar-refractivity contribution is 0.574. The summed E-state index contributed by atoms with van der Waals surface area (Å²) in [7, 11) is 0. The van der Waals surface area contributed by atoms with Crippen LogP contribution in [0.4, 0.5) is 0 Å². The number of halogens is 1. The van der Waals surface area contributed by atoms with Gasteiger partial charge in [-0.25, -0.2) is 4.98 Å². The van der Waals surface area contributed by atoms with Crippen LogP contribution in [-0.4, -0.2) is 9.38 Å². The third-order valence-corrected chi connectivity index (χ3v) is 3.74. The molecule has 0 aliphatic rings. The van der Waals surface area contributed by atoms with Gasteiger partial charge >= 0.3 is 0 Å². The Hall–Kier alpha value is -1.84. The number of hydrogen-bond acceptors (Lipinski definition) is 2. The van der Waals surface area contributed by atoms with Crippen molar-refractivity contribution in [3.63, 3.8) is 0 Å². The number of nitrogens with one attached hydrogen (secondary N) is 1. The molecule has 20 heavy (non-hydrogen) atoms. The van der Waals surface area contributed by atoms with Crippen molar-refractivity contribution in [1.82, 2.24) is 14.7 Å². The van der Waals surface area contributed by atoms with E-state index in [0.717, 1.165) is 17.6 Å². The Kier molecular flexibility index (Phi) is 3.72.